The van der Waals surface area contributed by atoms with Gasteiger partial charge in [-0.15, -0.1) is 0 Å². The number of esters is 1. The van der Waals surface area contributed by atoms with Crippen LogP contribution in [0.3, 0.4) is 0 Å². The lowest BCUT2D eigenvalue weighted by atomic mass is 9.99. The monoisotopic (exact) mass is 570 g/mol. The average molecular weight is 571 g/mol. The van der Waals surface area contributed by atoms with Crippen LogP contribution in [0.5, 0.6) is 0 Å². The smallest absolute Gasteiger partial charge is 0.414 e. The first kappa shape index (κ1) is 29.2. The van der Waals surface area contributed by atoms with E-state index >= 15 is 0 Å². The molecule has 2 aromatic heterocycles. The molecule has 3 aromatic rings. The minimum atomic E-state index is -0.638. The molecule has 2 aliphatic heterocycles. The molecule has 2 aliphatic rings. The predicted octanol–water partition coefficient (Wildman–Crippen LogP) is 5.95. The molecule has 4 heterocycles. The van der Waals surface area contributed by atoms with E-state index in [2.05, 4.69) is 21.9 Å². The quantitative estimate of drug-likeness (QED) is 0.350. The molecule has 220 valence electrons. The van der Waals surface area contributed by atoms with Gasteiger partial charge in [-0.05, 0) is 88.9 Å². The Balaban J connectivity index is 1.61. The van der Waals surface area contributed by atoms with E-state index in [-0.39, 0.29) is 12.1 Å². The minimum absolute atomic E-state index is 0.252. The molecule has 0 spiro atoms. The van der Waals surface area contributed by atoms with Crippen molar-refractivity contribution in [3.63, 3.8) is 0 Å². The van der Waals surface area contributed by atoms with E-state index < -0.39 is 11.7 Å². The molecule has 1 amide bonds. The summed E-state index contributed by atoms with van der Waals surface area (Å²) in [5.74, 6) is -0.379. The number of nitrogens with zero attached hydrogens (tertiary/aromatic N) is 4. The Morgan fingerprint density at radius 1 is 1.07 bits per heavy atom. The summed E-state index contributed by atoms with van der Waals surface area (Å²) in [6.45, 7) is 18.6. The van der Waals surface area contributed by atoms with E-state index in [0.29, 0.717) is 56.1 Å². The molecule has 1 aromatic carbocycles. The zero-order chi connectivity index (χ0) is 30.3. The van der Waals surface area contributed by atoms with E-state index in [1.54, 1.807) is 4.90 Å². The maximum atomic E-state index is 13.2. The van der Waals surface area contributed by atoms with Crippen molar-refractivity contribution in [3.8, 4) is 17.2 Å². The third-order valence-corrected chi connectivity index (χ3v) is 7.50. The van der Waals surface area contributed by atoms with Crippen LogP contribution >= 0.6 is 0 Å². The number of hydrogen-bond acceptors (Lipinski definition) is 7. The summed E-state index contributed by atoms with van der Waals surface area (Å²) in [5, 5.41) is 10.1. The third kappa shape index (κ3) is 5.59. The van der Waals surface area contributed by atoms with E-state index in [0.717, 1.165) is 39.2 Å². The number of carbonyl (C=O) groups is 2. The Bertz CT molecular complexity index is 1620. The van der Waals surface area contributed by atoms with Gasteiger partial charge >= 0.3 is 12.1 Å². The van der Waals surface area contributed by atoms with Crippen LogP contribution < -0.4 is 4.90 Å². The van der Waals surface area contributed by atoms with Crippen molar-refractivity contribution in [3.05, 3.63) is 65.0 Å². The van der Waals surface area contributed by atoms with Crippen molar-refractivity contribution in [2.45, 2.75) is 59.7 Å². The highest BCUT2D eigenvalue weighted by Crippen LogP contribution is 2.38. The number of amides is 1. The molecule has 0 atom stereocenters. The summed E-state index contributed by atoms with van der Waals surface area (Å²) < 4.78 is 18.8. The Kier molecular flexibility index (Phi) is 7.78. The topological polar surface area (TPSA) is 96.5 Å². The van der Waals surface area contributed by atoms with Crippen molar-refractivity contribution >= 4 is 29.0 Å². The predicted molar refractivity (Wildman–Crippen MR) is 162 cm³/mol. The van der Waals surface area contributed by atoms with Crippen molar-refractivity contribution in [2.24, 2.45) is 0 Å². The summed E-state index contributed by atoms with van der Waals surface area (Å²) in [6, 6.07) is 9.99. The van der Waals surface area contributed by atoms with Crippen LogP contribution in [0.4, 0.5) is 10.5 Å². The molecule has 0 unspecified atom stereocenters. The molecule has 1 saturated heterocycles. The molecule has 0 N–H and O–H groups in total. The lowest BCUT2D eigenvalue weighted by Gasteiger charge is -2.31. The number of pyridine rings is 1. The summed E-state index contributed by atoms with van der Waals surface area (Å²) in [5.41, 5.74) is 6.76. The van der Waals surface area contributed by atoms with Crippen LogP contribution in [0.15, 0.2) is 37.0 Å². The molecular weight excluding hydrogens is 532 g/mol. The second-order valence-electron chi connectivity index (χ2n) is 12.1. The highest BCUT2D eigenvalue weighted by molar-refractivity contribution is 5.96. The molecule has 0 bridgehead atoms. The lowest BCUT2D eigenvalue weighted by molar-refractivity contribution is 0.0376. The number of nitriles is 1. The Morgan fingerprint density at radius 3 is 2.43 bits per heavy atom. The summed E-state index contributed by atoms with van der Waals surface area (Å²) >= 11 is 0. The van der Waals surface area contributed by atoms with Gasteiger partial charge < -0.3 is 23.5 Å². The molecule has 9 heteroatoms. The molecule has 42 heavy (non-hydrogen) atoms. The maximum Gasteiger partial charge on any atom is 0.414 e. The summed E-state index contributed by atoms with van der Waals surface area (Å²) in [7, 11) is 0. The second kappa shape index (κ2) is 11.2. The first-order valence-corrected chi connectivity index (χ1v) is 14.3. The number of fused-ring (bicyclic) bond motifs is 2. The normalized spacial score (nSPS) is 15.1. The first-order valence-electron chi connectivity index (χ1n) is 14.3. The van der Waals surface area contributed by atoms with Crippen molar-refractivity contribution in [2.75, 3.05) is 37.7 Å². The van der Waals surface area contributed by atoms with E-state index in [1.165, 1.54) is 0 Å². The zero-order valence-corrected chi connectivity index (χ0v) is 25.2. The Labute approximate surface area is 246 Å². The molecule has 9 nitrogen and oxygen atoms in total. The van der Waals surface area contributed by atoms with Crippen LogP contribution in [0, 0.1) is 18.3 Å². The van der Waals surface area contributed by atoms with Gasteiger partial charge in [-0.3, -0.25) is 4.90 Å². The van der Waals surface area contributed by atoms with Gasteiger partial charge in [0, 0.05) is 36.9 Å². The van der Waals surface area contributed by atoms with Gasteiger partial charge in [-0.1, -0.05) is 6.58 Å². The van der Waals surface area contributed by atoms with Crippen molar-refractivity contribution in [1.82, 2.24) is 9.30 Å². The number of carbonyl (C=O) groups excluding carboxylic acids is 2. The number of ether oxygens (including phenoxy) is 3. The standard InChI is InChI=1S/C33H38N4O5/c1-20(2)41-31(38)28-17-27-16-26(19-37(27)29(21(28)3)22(4)35-10-12-40-13-11-35)24-14-23-8-9-36(30(23)25(15-24)18-34)32(39)42-33(5,6)7/h14-17,19-20H,4,8-13H2,1-3,5-7H3. The SMILES string of the molecule is C=C(c1c(C)c(C(=O)OC(C)C)cc2cc(-c3cc(C#N)c4c(c3)CCN4C(=O)OC(C)(C)C)cn12)N1CCOCC1. The van der Waals surface area contributed by atoms with Gasteiger partial charge in [-0.25, -0.2) is 9.59 Å². The fourth-order valence-electron chi connectivity index (χ4n) is 5.63. The second-order valence-corrected chi connectivity index (χ2v) is 12.1. The number of morpholine rings is 1. The first-order chi connectivity index (χ1) is 19.9. The number of hydrogen-bond donors (Lipinski definition) is 0. The van der Waals surface area contributed by atoms with Gasteiger partial charge in [-0.2, -0.15) is 5.26 Å². The molecule has 0 radical (unpaired) electrons. The molecular formula is C33H38N4O5. The third-order valence-electron chi connectivity index (χ3n) is 7.50. The van der Waals surface area contributed by atoms with Gasteiger partial charge in [0.05, 0.1) is 47.5 Å². The van der Waals surface area contributed by atoms with Crippen molar-refractivity contribution in [1.29, 1.82) is 5.26 Å². The van der Waals surface area contributed by atoms with Crippen LogP contribution in [-0.4, -0.2) is 65.9 Å². The zero-order valence-electron chi connectivity index (χ0n) is 25.2. The molecule has 5 rings (SSSR count). The summed E-state index contributed by atoms with van der Waals surface area (Å²) in [6.07, 6.45) is 1.93. The highest BCUT2D eigenvalue weighted by Gasteiger charge is 2.32. The highest BCUT2D eigenvalue weighted by atomic mass is 16.6. The van der Waals surface area contributed by atoms with Crippen LogP contribution in [0.25, 0.3) is 22.3 Å². The van der Waals surface area contributed by atoms with Gasteiger partial charge in [0.25, 0.3) is 0 Å². The van der Waals surface area contributed by atoms with Crippen molar-refractivity contribution < 1.29 is 23.8 Å². The number of aromatic nitrogens is 1. The fourth-order valence-corrected chi connectivity index (χ4v) is 5.63. The van der Waals surface area contributed by atoms with Gasteiger partial charge in [0.1, 0.15) is 11.7 Å². The minimum Gasteiger partial charge on any atom is -0.459 e. The van der Waals surface area contributed by atoms with E-state index in [9.17, 15) is 14.9 Å². The summed E-state index contributed by atoms with van der Waals surface area (Å²) in [4.78, 5) is 29.8. The molecule has 0 saturated carbocycles. The van der Waals surface area contributed by atoms with E-state index in [4.69, 9.17) is 14.2 Å². The largest absolute Gasteiger partial charge is 0.459 e. The van der Waals surface area contributed by atoms with Crippen LogP contribution in [0.1, 0.15) is 67.4 Å². The fraction of sp³-hybridized carbons (Fsp3) is 0.424. The average Bonchev–Trinajstić information content (AvgIpc) is 3.55. The Hall–Kier alpha value is -4.29. The van der Waals surface area contributed by atoms with Crippen LogP contribution in [0.2, 0.25) is 0 Å². The maximum absolute atomic E-state index is 13.2. The van der Waals surface area contributed by atoms with E-state index in [1.807, 2.05) is 72.0 Å². The Morgan fingerprint density at radius 2 is 1.79 bits per heavy atom. The molecule has 1 fully saturated rings. The number of anilines is 1. The number of benzene rings is 1. The van der Waals surface area contributed by atoms with Crippen LogP contribution in [-0.2, 0) is 20.6 Å². The molecule has 0 aliphatic carbocycles. The van der Waals surface area contributed by atoms with Gasteiger partial charge in [0.15, 0.2) is 0 Å². The number of rotatable bonds is 5. The lowest BCUT2D eigenvalue weighted by Crippen LogP contribution is -2.36. The van der Waals surface area contributed by atoms with Gasteiger partial charge in [0.2, 0.25) is 0 Å².